The molecule has 0 bridgehead atoms. The highest BCUT2D eigenvalue weighted by Crippen LogP contribution is 2.26. The predicted octanol–water partition coefficient (Wildman–Crippen LogP) is 1.55. The summed E-state index contributed by atoms with van der Waals surface area (Å²) < 4.78 is 44.4. The number of nitrogens with two attached hydrogens (primary N) is 1. The number of aromatic nitrogens is 2. The number of hydrogen-bond donors (Lipinski definition) is 2. The van der Waals surface area contributed by atoms with Crippen molar-refractivity contribution in [2.45, 2.75) is 11.8 Å². The highest BCUT2D eigenvalue weighted by Gasteiger charge is 2.24. The van der Waals surface area contributed by atoms with Crippen molar-refractivity contribution in [1.29, 1.82) is 0 Å². The number of anilines is 2. The normalized spacial score (nSPS) is 11.5. The highest BCUT2D eigenvalue weighted by atomic mass is 35.5. The average Bonchev–Trinajstić information content (AvgIpc) is 2.68. The van der Waals surface area contributed by atoms with Crippen molar-refractivity contribution in [2.24, 2.45) is 0 Å². The minimum Gasteiger partial charge on any atom is -0.408 e. The Bertz CT molecular complexity index is 731. The van der Waals surface area contributed by atoms with E-state index in [-0.39, 0.29) is 17.6 Å². The van der Waals surface area contributed by atoms with Crippen LogP contribution in [0.15, 0.2) is 21.4 Å². The molecule has 0 saturated heterocycles. The molecule has 7 nitrogen and oxygen atoms in total. The van der Waals surface area contributed by atoms with E-state index >= 15 is 0 Å². The molecule has 1 aromatic carbocycles. The van der Waals surface area contributed by atoms with Crippen LogP contribution in [0, 0.1) is 12.7 Å². The molecule has 2 aromatic rings. The fourth-order valence-corrected chi connectivity index (χ4v) is 2.63. The summed E-state index contributed by atoms with van der Waals surface area (Å²) in [6.45, 7) is 1.47. The van der Waals surface area contributed by atoms with Gasteiger partial charge in [-0.2, -0.15) is 0 Å². The van der Waals surface area contributed by atoms with Crippen LogP contribution in [0.4, 0.5) is 16.1 Å². The van der Waals surface area contributed by atoms with E-state index in [1.165, 1.54) is 6.92 Å². The molecule has 10 heteroatoms. The molecule has 102 valence electrons. The van der Waals surface area contributed by atoms with E-state index in [0.717, 1.165) is 12.1 Å². The Hall–Kier alpha value is -1.87. The zero-order chi connectivity index (χ0) is 14.2. The van der Waals surface area contributed by atoms with Gasteiger partial charge >= 0.3 is 6.01 Å². The molecule has 0 unspecified atom stereocenters. The standard InChI is InChI=1S/C9H8ClFN4O3S/c1-4-13-14-9(18-4)15-19(16,17)7-3-5(12)2-6(10)8(7)11/h2-3H,12H2,1H3,(H,14,15). The molecule has 0 aliphatic heterocycles. The molecule has 0 amide bonds. The van der Waals surface area contributed by atoms with Crippen molar-refractivity contribution in [1.82, 2.24) is 10.2 Å². The molecule has 1 heterocycles. The maximum absolute atomic E-state index is 13.7. The molecular weight excluding hydrogens is 299 g/mol. The summed E-state index contributed by atoms with van der Waals surface area (Å²) in [5, 5.41) is 6.47. The fraction of sp³-hybridized carbons (Fsp3) is 0.111. The minimum atomic E-state index is -4.26. The molecule has 1 aromatic heterocycles. The van der Waals surface area contributed by atoms with Crippen LogP contribution in [0.25, 0.3) is 0 Å². The van der Waals surface area contributed by atoms with Crippen molar-refractivity contribution in [3.8, 4) is 0 Å². The van der Waals surface area contributed by atoms with E-state index in [1.54, 1.807) is 0 Å². The number of aryl methyl sites for hydroxylation is 1. The Morgan fingerprint density at radius 2 is 2.11 bits per heavy atom. The lowest BCUT2D eigenvalue weighted by Gasteiger charge is -2.07. The van der Waals surface area contributed by atoms with E-state index in [2.05, 4.69) is 10.2 Å². The second kappa shape index (κ2) is 4.67. The highest BCUT2D eigenvalue weighted by molar-refractivity contribution is 7.92. The average molecular weight is 307 g/mol. The number of nitrogen functional groups attached to an aromatic ring is 1. The molecule has 0 fully saturated rings. The predicted molar refractivity (Wildman–Crippen MR) is 65.7 cm³/mol. The van der Waals surface area contributed by atoms with Gasteiger partial charge in [0, 0.05) is 12.6 Å². The molecule has 0 atom stereocenters. The van der Waals surface area contributed by atoms with Gasteiger partial charge in [0.05, 0.1) is 5.02 Å². The summed E-state index contributed by atoms with van der Waals surface area (Å²) in [6, 6.07) is 1.66. The van der Waals surface area contributed by atoms with E-state index in [0.29, 0.717) is 0 Å². The molecule has 0 aliphatic rings. The lowest BCUT2D eigenvalue weighted by molar-refractivity contribution is 0.533. The number of halogens is 2. The van der Waals surface area contributed by atoms with Crippen LogP contribution >= 0.6 is 11.6 Å². The largest absolute Gasteiger partial charge is 0.408 e. The summed E-state index contributed by atoms with van der Waals surface area (Å²) in [6.07, 6.45) is 0. The van der Waals surface area contributed by atoms with Crippen molar-refractivity contribution >= 4 is 33.3 Å². The summed E-state index contributed by atoms with van der Waals surface area (Å²) >= 11 is 5.53. The maximum Gasteiger partial charge on any atom is 0.329 e. The van der Waals surface area contributed by atoms with Gasteiger partial charge in [-0.25, -0.2) is 17.5 Å². The van der Waals surface area contributed by atoms with E-state index in [9.17, 15) is 12.8 Å². The first kappa shape index (κ1) is 13.6. The molecular formula is C9H8ClFN4O3S. The number of sulfonamides is 1. The first-order valence-corrected chi connectivity index (χ1v) is 6.73. The first-order chi connectivity index (χ1) is 8.79. The zero-order valence-corrected chi connectivity index (χ0v) is 11.1. The summed E-state index contributed by atoms with van der Waals surface area (Å²) in [5.74, 6) is -0.955. The lowest BCUT2D eigenvalue weighted by Crippen LogP contribution is -2.15. The van der Waals surface area contributed by atoms with Crippen LogP contribution in [-0.4, -0.2) is 18.6 Å². The summed E-state index contributed by atoms with van der Waals surface area (Å²) in [7, 11) is -4.26. The second-order valence-electron chi connectivity index (χ2n) is 3.55. The number of nitrogens with one attached hydrogen (secondary N) is 1. The Labute approximate surface area is 112 Å². The van der Waals surface area contributed by atoms with Gasteiger partial charge in [-0.3, -0.25) is 0 Å². The Morgan fingerprint density at radius 3 is 2.68 bits per heavy atom. The van der Waals surface area contributed by atoms with Crippen LogP contribution < -0.4 is 10.5 Å². The molecule has 0 saturated carbocycles. The topological polar surface area (TPSA) is 111 Å². The lowest BCUT2D eigenvalue weighted by atomic mass is 10.3. The summed E-state index contributed by atoms with van der Waals surface area (Å²) in [4.78, 5) is -0.701. The van der Waals surface area contributed by atoms with E-state index < -0.39 is 25.8 Å². The number of rotatable bonds is 3. The third-order valence-electron chi connectivity index (χ3n) is 2.05. The Kier molecular flexibility index (Phi) is 3.33. The maximum atomic E-state index is 13.7. The second-order valence-corrected chi connectivity index (χ2v) is 5.60. The van der Waals surface area contributed by atoms with Gasteiger partial charge in [0.2, 0.25) is 5.89 Å². The molecule has 0 aliphatic carbocycles. The molecule has 0 spiro atoms. The van der Waals surface area contributed by atoms with Crippen LogP contribution in [0.2, 0.25) is 5.02 Å². The van der Waals surface area contributed by atoms with E-state index in [1.807, 2.05) is 4.72 Å². The SMILES string of the molecule is Cc1nnc(NS(=O)(=O)c2cc(N)cc(Cl)c2F)o1. The smallest absolute Gasteiger partial charge is 0.329 e. The number of nitrogens with zero attached hydrogens (tertiary/aromatic N) is 2. The first-order valence-electron chi connectivity index (χ1n) is 4.87. The van der Waals surface area contributed by atoms with Gasteiger partial charge < -0.3 is 10.2 Å². The molecule has 19 heavy (non-hydrogen) atoms. The van der Waals surface area contributed by atoms with Gasteiger partial charge in [-0.1, -0.05) is 16.7 Å². The molecule has 3 N–H and O–H groups in total. The van der Waals surface area contributed by atoms with Gasteiger partial charge in [-0.05, 0) is 12.1 Å². The Balaban J connectivity index is 2.45. The van der Waals surface area contributed by atoms with Crippen molar-refractivity contribution in [3.63, 3.8) is 0 Å². The van der Waals surface area contributed by atoms with Gasteiger partial charge in [0.25, 0.3) is 10.0 Å². The van der Waals surface area contributed by atoms with E-state index in [4.69, 9.17) is 21.8 Å². The van der Waals surface area contributed by atoms with Gasteiger partial charge in [0.1, 0.15) is 4.90 Å². The Morgan fingerprint density at radius 1 is 1.42 bits per heavy atom. The monoisotopic (exact) mass is 306 g/mol. The van der Waals surface area contributed by atoms with Crippen molar-refractivity contribution < 1.29 is 17.2 Å². The third kappa shape index (κ3) is 2.76. The van der Waals surface area contributed by atoms with Crippen LogP contribution in [-0.2, 0) is 10.0 Å². The quantitative estimate of drug-likeness (QED) is 0.832. The number of benzene rings is 1. The number of hydrogen-bond acceptors (Lipinski definition) is 6. The molecule has 0 radical (unpaired) electrons. The van der Waals surface area contributed by atoms with Crippen LogP contribution in [0.5, 0.6) is 0 Å². The zero-order valence-electron chi connectivity index (χ0n) is 9.52. The van der Waals surface area contributed by atoms with Crippen molar-refractivity contribution in [3.05, 3.63) is 28.9 Å². The van der Waals surface area contributed by atoms with Crippen LogP contribution in [0.3, 0.4) is 0 Å². The minimum absolute atomic E-state index is 0.00786. The van der Waals surface area contributed by atoms with Gasteiger partial charge in [0.15, 0.2) is 5.82 Å². The summed E-state index contributed by atoms with van der Waals surface area (Å²) in [5.41, 5.74) is 5.44. The third-order valence-corrected chi connectivity index (χ3v) is 3.65. The fourth-order valence-electron chi connectivity index (χ4n) is 1.29. The molecule has 2 rings (SSSR count). The van der Waals surface area contributed by atoms with Gasteiger partial charge in [-0.15, -0.1) is 5.10 Å². The van der Waals surface area contributed by atoms with Crippen LogP contribution in [0.1, 0.15) is 5.89 Å². The van der Waals surface area contributed by atoms with Crippen molar-refractivity contribution in [2.75, 3.05) is 10.5 Å².